The fourth-order valence-corrected chi connectivity index (χ4v) is 2.00. The van der Waals surface area contributed by atoms with Crippen molar-refractivity contribution in [3.8, 4) is 11.5 Å². The van der Waals surface area contributed by atoms with Gasteiger partial charge in [0.2, 0.25) is 0 Å². The van der Waals surface area contributed by atoms with Crippen molar-refractivity contribution in [3.05, 3.63) is 34.1 Å². The Morgan fingerprint density at radius 2 is 2.14 bits per heavy atom. The lowest BCUT2D eigenvalue weighted by atomic mass is 10.1. The Bertz CT molecular complexity index is 623. The molecule has 0 radical (unpaired) electrons. The van der Waals surface area contributed by atoms with Gasteiger partial charge in [-0.3, -0.25) is 0 Å². The second-order valence-electron chi connectivity index (χ2n) is 5.66. The van der Waals surface area contributed by atoms with Crippen molar-refractivity contribution in [1.82, 2.24) is 10.1 Å². The highest BCUT2D eigenvalue weighted by molar-refractivity contribution is 9.10. The van der Waals surface area contributed by atoms with Crippen molar-refractivity contribution in [1.29, 1.82) is 0 Å². The van der Waals surface area contributed by atoms with Gasteiger partial charge in [-0.15, -0.1) is 0 Å². The summed E-state index contributed by atoms with van der Waals surface area (Å²) in [5.74, 6) is 0.903. The van der Waals surface area contributed by atoms with Gasteiger partial charge in [0, 0.05) is 10.0 Å². The molecule has 0 bridgehead atoms. The third kappa shape index (κ3) is 3.90. The highest BCUT2D eigenvalue weighted by Gasteiger charge is 2.28. The minimum atomic E-state index is -0.781. The van der Waals surface area contributed by atoms with E-state index in [1.807, 2.05) is 45.9 Å². The van der Waals surface area contributed by atoms with Crippen LogP contribution in [0.1, 0.15) is 32.2 Å². The Morgan fingerprint density at radius 3 is 2.76 bits per heavy atom. The standard InChI is InChI=1S/C15H20BrN3O2/c1-9(2)20-8-15(4,17)14-18-13(21-19-14)11-5-6-12(16)10(3)7-11/h5-7,9H,8,17H2,1-4H3. The number of rotatable bonds is 5. The number of aryl methyl sites for hydroxylation is 1. The van der Waals surface area contributed by atoms with E-state index in [4.69, 9.17) is 15.0 Å². The highest BCUT2D eigenvalue weighted by atomic mass is 79.9. The molecule has 2 rings (SSSR count). The molecule has 0 fully saturated rings. The first-order valence-electron chi connectivity index (χ1n) is 6.81. The molecule has 5 nitrogen and oxygen atoms in total. The second kappa shape index (κ2) is 6.25. The van der Waals surface area contributed by atoms with E-state index >= 15 is 0 Å². The van der Waals surface area contributed by atoms with Crippen molar-refractivity contribution in [2.24, 2.45) is 5.73 Å². The zero-order valence-electron chi connectivity index (χ0n) is 12.7. The van der Waals surface area contributed by atoms with Gasteiger partial charge in [0.1, 0.15) is 5.54 Å². The largest absolute Gasteiger partial charge is 0.376 e. The van der Waals surface area contributed by atoms with E-state index in [0.717, 1.165) is 15.6 Å². The van der Waals surface area contributed by atoms with Crippen LogP contribution in [0, 0.1) is 6.92 Å². The molecule has 6 heteroatoms. The van der Waals surface area contributed by atoms with Gasteiger partial charge in [-0.05, 0) is 51.5 Å². The molecule has 114 valence electrons. The van der Waals surface area contributed by atoms with Gasteiger partial charge in [-0.1, -0.05) is 21.1 Å². The molecule has 0 spiro atoms. The van der Waals surface area contributed by atoms with Crippen molar-refractivity contribution in [2.45, 2.75) is 39.3 Å². The maximum Gasteiger partial charge on any atom is 0.258 e. The van der Waals surface area contributed by atoms with Crippen LogP contribution in [0.25, 0.3) is 11.5 Å². The quantitative estimate of drug-likeness (QED) is 0.891. The van der Waals surface area contributed by atoms with Crippen LogP contribution in [0.4, 0.5) is 0 Å². The molecule has 1 aromatic carbocycles. The summed E-state index contributed by atoms with van der Waals surface area (Å²) in [4.78, 5) is 4.40. The Morgan fingerprint density at radius 1 is 1.43 bits per heavy atom. The number of benzene rings is 1. The van der Waals surface area contributed by atoms with Crippen LogP contribution in [-0.2, 0) is 10.3 Å². The molecule has 0 saturated heterocycles. The summed E-state index contributed by atoms with van der Waals surface area (Å²) in [5.41, 5.74) is 7.41. The maximum atomic E-state index is 6.21. The summed E-state index contributed by atoms with van der Waals surface area (Å²) in [7, 11) is 0. The lowest BCUT2D eigenvalue weighted by Crippen LogP contribution is -2.40. The van der Waals surface area contributed by atoms with Crippen LogP contribution in [-0.4, -0.2) is 22.9 Å². The summed E-state index contributed by atoms with van der Waals surface area (Å²) in [5, 5.41) is 3.99. The number of aromatic nitrogens is 2. The van der Waals surface area contributed by atoms with Crippen molar-refractivity contribution in [3.63, 3.8) is 0 Å². The average molecular weight is 354 g/mol. The molecular weight excluding hydrogens is 334 g/mol. The van der Waals surface area contributed by atoms with Gasteiger partial charge in [0.05, 0.1) is 12.7 Å². The Labute approximate surface area is 133 Å². The van der Waals surface area contributed by atoms with Gasteiger partial charge in [-0.2, -0.15) is 4.98 Å². The number of nitrogens with zero attached hydrogens (tertiary/aromatic N) is 2. The fourth-order valence-electron chi connectivity index (χ4n) is 1.75. The molecule has 2 N–H and O–H groups in total. The fraction of sp³-hybridized carbons (Fsp3) is 0.467. The minimum Gasteiger partial charge on any atom is -0.376 e. The molecule has 21 heavy (non-hydrogen) atoms. The topological polar surface area (TPSA) is 74.2 Å². The molecule has 0 aliphatic carbocycles. The summed E-state index contributed by atoms with van der Waals surface area (Å²) >= 11 is 3.47. The van der Waals surface area contributed by atoms with E-state index in [0.29, 0.717) is 18.3 Å². The second-order valence-corrected chi connectivity index (χ2v) is 6.52. The Hall–Kier alpha value is -1.24. The van der Waals surface area contributed by atoms with Crippen LogP contribution >= 0.6 is 15.9 Å². The van der Waals surface area contributed by atoms with Crippen LogP contribution in [0.15, 0.2) is 27.2 Å². The zero-order chi connectivity index (χ0) is 15.6. The van der Waals surface area contributed by atoms with Gasteiger partial charge < -0.3 is 15.0 Å². The summed E-state index contributed by atoms with van der Waals surface area (Å²) in [6.07, 6.45) is 0.105. The number of halogens is 1. The molecule has 2 aromatic rings. The van der Waals surface area contributed by atoms with Crippen LogP contribution in [0.2, 0.25) is 0 Å². The van der Waals surface area contributed by atoms with E-state index in [1.165, 1.54) is 0 Å². The van der Waals surface area contributed by atoms with E-state index < -0.39 is 5.54 Å². The molecule has 1 atom stereocenters. The first-order valence-corrected chi connectivity index (χ1v) is 7.60. The first-order chi connectivity index (χ1) is 9.79. The van der Waals surface area contributed by atoms with Crippen molar-refractivity contribution >= 4 is 15.9 Å². The van der Waals surface area contributed by atoms with Gasteiger partial charge in [-0.25, -0.2) is 0 Å². The summed E-state index contributed by atoms with van der Waals surface area (Å²) in [6.45, 7) is 8.10. The van der Waals surface area contributed by atoms with Gasteiger partial charge in [0.15, 0.2) is 5.82 Å². The molecule has 1 heterocycles. The van der Waals surface area contributed by atoms with Crippen molar-refractivity contribution < 1.29 is 9.26 Å². The normalized spacial score (nSPS) is 14.4. The zero-order valence-corrected chi connectivity index (χ0v) is 14.3. The number of hydrogen-bond donors (Lipinski definition) is 1. The predicted octanol–water partition coefficient (Wildman–Crippen LogP) is 3.41. The van der Waals surface area contributed by atoms with E-state index in [9.17, 15) is 0 Å². The van der Waals surface area contributed by atoms with E-state index in [-0.39, 0.29) is 6.10 Å². The lowest BCUT2D eigenvalue weighted by Gasteiger charge is -2.21. The molecule has 1 aromatic heterocycles. The van der Waals surface area contributed by atoms with Gasteiger partial charge >= 0.3 is 0 Å². The third-order valence-corrected chi connectivity index (χ3v) is 3.95. The monoisotopic (exact) mass is 353 g/mol. The first kappa shape index (κ1) is 16.1. The Balaban J connectivity index is 2.22. The molecule has 0 aliphatic heterocycles. The smallest absolute Gasteiger partial charge is 0.258 e. The van der Waals surface area contributed by atoms with Gasteiger partial charge in [0.25, 0.3) is 5.89 Å². The molecule has 0 saturated carbocycles. The Kier molecular flexibility index (Phi) is 4.81. The average Bonchev–Trinajstić information content (AvgIpc) is 2.90. The number of hydrogen-bond acceptors (Lipinski definition) is 5. The molecule has 0 amide bonds. The predicted molar refractivity (Wildman–Crippen MR) is 84.8 cm³/mol. The molecular formula is C15H20BrN3O2. The molecule has 0 aliphatic rings. The van der Waals surface area contributed by atoms with Crippen LogP contribution in [0.5, 0.6) is 0 Å². The number of nitrogens with two attached hydrogens (primary N) is 1. The van der Waals surface area contributed by atoms with E-state index in [1.54, 1.807) is 0 Å². The minimum absolute atomic E-state index is 0.105. The van der Waals surface area contributed by atoms with E-state index in [2.05, 4.69) is 26.1 Å². The highest BCUT2D eigenvalue weighted by Crippen LogP contribution is 2.25. The SMILES string of the molecule is Cc1cc(-c2nc(C(C)(N)COC(C)C)no2)ccc1Br. The van der Waals surface area contributed by atoms with Crippen molar-refractivity contribution in [2.75, 3.05) is 6.61 Å². The maximum absolute atomic E-state index is 6.21. The van der Waals surface area contributed by atoms with Crippen LogP contribution < -0.4 is 5.73 Å². The number of ether oxygens (including phenoxy) is 1. The van der Waals surface area contributed by atoms with Crippen LogP contribution in [0.3, 0.4) is 0 Å². The third-order valence-electron chi connectivity index (χ3n) is 3.06. The summed E-state index contributed by atoms with van der Waals surface area (Å²) < 4.78 is 11.9. The molecule has 1 unspecified atom stereocenters. The lowest BCUT2D eigenvalue weighted by molar-refractivity contribution is 0.0410. The summed E-state index contributed by atoms with van der Waals surface area (Å²) in [6, 6.07) is 5.87.